The van der Waals surface area contributed by atoms with Crippen molar-refractivity contribution in [2.75, 3.05) is 26.2 Å². The van der Waals surface area contributed by atoms with E-state index in [1.54, 1.807) is 5.57 Å². The summed E-state index contributed by atoms with van der Waals surface area (Å²) in [5.74, 6) is 1.84. The van der Waals surface area contributed by atoms with Gasteiger partial charge in [0.05, 0.1) is 17.6 Å². The predicted octanol–water partition coefficient (Wildman–Crippen LogP) is 5.03. The fraction of sp³-hybridized carbons (Fsp3) is 0.480. The highest BCUT2D eigenvalue weighted by Crippen LogP contribution is 2.34. The van der Waals surface area contributed by atoms with Gasteiger partial charge in [0.2, 0.25) is 0 Å². The molecule has 0 bridgehead atoms. The van der Waals surface area contributed by atoms with Crippen LogP contribution in [0.15, 0.2) is 59.8 Å². The first-order valence-corrected chi connectivity index (χ1v) is 11.3. The molecule has 0 spiro atoms. The number of nitrogens with one attached hydrogen (secondary N) is 1. The number of piperazine rings is 1. The molecule has 2 aliphatic carbocycles. The summed E-state index contributed by atoms with van der Waals surface area (Å²) in [6.07, 6.45) is 17.5. The molecule has 1 aromatic heterocycles. The van der Waals surface area contributed by atoms with Crippen molar-refractivity contribution in [2.45, 2.75) is 45.1 Å². The van der Waals surface area contributed by atoms with Crippen LogP contribution in [0.4, 0.5) is 0 Å². The summed E-state index contributed by atoms with van der Waals surface area (Å²) in [4.78, 5) is 13.4. The number of rotatable bonds is 4. The summed E-state index contributed by atoms with van der Waals surface area (Å²) in [6, 6.07) is 8.31. The molecule has 1 aliphatic heterocycles. The molecule has 2 aromatic rings. The molecular weight excluding hydrogens is 356 g/mol. The predicted molar refractivity (Wildman–Crippen MR) is 119 cm³/mol. The third kappa shape index (κ3) is 4.18. The molecule has 4 heteroatoms. The minimum absolute atomic E-state index is 0.756. The lowest BCUT2D eigenvalue weighted by atomic mass is 9.82. The third-order valence-corrected chi connectivity index (χ3v) is 6.71. The Kier molecular flexibility index (Phi) is 5.53. The second-order valence-corrected chi connectivity index (χ2v) is 8.68. The first kappa shape index (κ1) is 18.7. The largest absolute Gasteiger partial charge is 0.369 e. The number of aromatic amines is 1. The molecular formula is C25H32N4. The number of nitrogens with zero attached hydrogens (tertiary/aromatic N) is 3. The summed E-state index contributed by atoms with van der Waals surface area (Å²) in [6.45, 7) is 5.30. The topological polar surface area (TPSA) is 35.2 Å². The Morgan fingerprint density at radius 3 is 2.55 bits per heavy atom. The zero-order chi connectivity index (χ0) is 19.5. The van der Waals surface area contributed by atoms with Gasteiger partial charge in [-0.1, -0.05) is 49.6 Å². The Hall–Kier alpha value is -2.33. The van der Waals surface area contributed by atoms with Gasteiger partial charge in [-0.15, -0.1) is 0 Å². The Balaban J connectivity index is 1.27. The van der Waals surface area contributed by atoms with Crippen molar-refractivity contribution in [3.05, 3.63) is 65.7 Å². The van der Waals surface area contributed by atoms with Gasteiger partial charge in [-0.05, 0) is 49.0 Å². The number of benzene rings is 1. The number of hydrogen-bond donors (Lipinski definition) is 1. The number of para-hydroxylation sites is 2. The standard InChI is InChI=1S/C25H32N4/c1-3-9-20(10-4-1)21-11-5-2-6-14-24(21)29-17-15-28(16-18-29)19-25-26-22-12-7-8-13-23(22)27-25/h5-8,11-14,20H,1-4,9-10,15-19H2,(H,26,27). The smallest absolute Gasteiger partial charge is 0.121 e. The molecule has 0 radical (unpaired) electrons. The zero-order valence-corrected chi connectivity index (χ0v) is 17.3. The van der Waals surface area contributed by atoms with Crippen LogP contribution in [-0.2, 0) is 6.54 Å². The van der Waals surface area contributed by atoms with Crippen molar-refractivity contribution >= 4 is 11.0 Å². The molecule has 29 heavy (non-hydrogen) atoms. The minimum atomic E-state index is 0.756. The highest BCUT2D eigenvalue weighted by atomic mass is 15.3. The van der Waals surface area contributed by atoms with Crippen molar-refractivity contribution in [2.24, 2.45) is 5.92 Å². The van der Waals surface area contributed by atoms with E-state index in [0.29, 0.717) is 0 Å². The Morgan fingerprint density at radius 1 is 0.931 bits per heavy atom. The van der Waals surface area contributed by atoms with Gasteiger partial charge < -0.3 is 9.88 Å². The number of H-pyrrole nitrogens is 1. The van der Waals surface area contributed by atoms with E-state index in [4.69, 9.17) is 4.98 Å². The van der Waals surface area contributed by atoms with E-state index >= 15 is 0 Å². The first-order chi connectivity index (χ1) is 14.4. The molecule has 1 saturated carbocycles. The lowest BCUT2D eigenvalue weighted by Crippen LogP contribution is -2.45. The SMILES string of the molecule is C1=CC(C2CCCCC2)=C(N2CCN(Cc3nc4ccccc4[nH]3)CC2)C=CC1. The lowest BCUT2D eigenvalue weighted by Gasteiger charge is -2.38. The summed E-state index contributed by atoms with van der Waals surface area (Å²) in [5.41, 5.74) is 5.30. The second-order valence-electron chi connectivity index (χ2n) is 8.68. The molecule has 1 saturated heterocycles. The van der Waals surface area contributed by atoms with Gasteiger partial charge >= 0.3 is 0 Å². The van der Waals surface area contributed by atoms with Gasteiger partial charge in [0.15, 0.2) is 0 Å². The molecule has 0 unspecified atom stereocenters. The summed E-state index contributed by atoms with van der Waals surface area (Å²) >= 11 is 0. The Labute approximate surface area is 174 Å². The summed E-state index contributed by atoms with van der Waals surface area (Å²) in [7, 11) is 0. The van der Waals surface area contributed by atoms with Crippen LogP contribution in [0, 0.1) is 5.92 Å². The van der Waals surface area contributed by atoms with Crippen molar-refractivity contribution in [1.29, 1.82) is 0 Å². The average Bonchev–Trinajstić information content (AvgIpc) is 3.01. The van der Waals surface area contributed by atoms with Gasteiger partial charge in [-0.2, -0.15) is 0 Å². The number of hydrogen-bond acceptors (Lipinski definition) is 3. The van der Waals surface area contributed by atoms with Crippen LogP contribution in [-0.4, -0.2) is 45.9 Å². The van der Waals surface area contributed by atoms with Crippen molar-refractivity contribution in [3.8, 4) is 0 Å². The maximum atomic E-state index is 4.76. The van der Waals surface area contributed by atoms with E-state index < -0.39 is 0 Å². The molecule has 5 rings (SSSR count). The maximum absolute atomic E-state index is 4.76. The monoisotopic (exact) mass is 388 g/mol. The molecule has 3 aliphatic rings. The fourth-order valence-electron chi connectivity index (χ4n) is 5.12. The molecule has 4 nitrogen and oxygen atoms in total. The van der Waals surface area contributed by atoms with E-state index in [1.807, 2.05) is 0 Å². The van der Waals surface area contributed by atoms with Gasteiger partial charge in [0.25, 0.3) is 0 Å². The molecule has 152 valence electrons. The van der Waals surface area contributed by atoms with Crippen LogP contribution >= 0.6 is 0 Å². The molecule has 0 atom stereocenters. The molecule has 0 amide bonds. The van der Waals surface area contributed by atoms with Crippen molar-refractivity contribution in [1.82, 2.24) is 19.8 Å². The zero-order valence-electron chi connectivity index (χ0n) is 17.3. The van der Waals surface area contributed by atoms with E-state index in [1.165, 1.54) is 37.8 Å². The number of allylic oxidation sites excluding steroid dienone is 5. The van der Waals surface area contributed by atoms with Crippen molar-refractivity contribution < 1.29 is 0 Å². The van der Waals surface area contributed by atoms with E-state index in [2.05, 4.69) is 63.4 Å². The van der Waals surface area contributed by atoms with Gasteiger partial charge in [-0.25, -0.2) is 4.98 Å². The Morgan fingerprint density at radius 2 is 1.72 bits per heavy atom. The van der Waals surface area contributed by atoms with E-state index in [0.717, 1.165) is 61.9 Å². The molecule has 1 N–H and O–H groups in total. The summed E-state index contributed by atoms with van der Waals surface area (Å²) in [5, 5.41) is 0. The van der Waals surface area contributed by atoms with Gasteiger partial charge in [-0.3, -0.25) is 4.90 Å². The number of fused-ring (bicyclic) bond motifs is 1. The second kappa shape index (κ2) is 8.58. The van der Waals surface area contributed by atoms with Gasteiger partial charge in [0, 0.05) is 31.9 Å². The van der Waals surface area contributed by atoms with Crippen LogP contribution in [0.2, 0.25) is 0 Å². The van der Waals surface area contributed by atoms with Crippen LogP contribution in [0.3, 0.4) is 0 Å². The van der Waals surface area contributed by atoms with Crippen LogP contribution in [0.5, 0.6) is 0 Å². The third-order valence-electron chi connectivity index (χ3n) is 6.71. The van der Waals surface area contributed by atoms with Gasteiger partial charge in [0.1, 0.15) is 5.82 Å². The minimum Gasteiger partial charge on any atom is -0.369 e. The normalized spacial score (nSPS) is 21.9. The van der Waals surface area contributed by atoms with Crippen LogP contribution in [0.1, 0.15) is 44.3 Å². The lowest BCUT2D eigenvalue weighted by molar-refractivity contribution is 0.151. The number of aromatic nitrogens is 2. The number of imidazole rings is 1. The van der Waals surface area contributed by atoms with E-state index in [9.17, 15) is 0 Å². The highest BCUT2D eigenvalue weighted by molar-refractivity contribution is 5.74. The maximum Gasteiger partial charge on any atom is 0.121 e. The van der Waals surface area contributed by atoms with Crippen LogP contribution in [0.25, 0.3) is 11.0 Å². The van der Waals surface area contributed by atoms with Crippen LogP contribution < -0.4 is 0 Å². The highest BCUT2D eigenvalue weighted by Gasteiger charge is 2.24. The Bertz CT molecular complexity index is 888. The van der Waals surface area contributed by atoms with Crippen molar-refractivity contribution in [3.63, 3.8) is 0 Å². The van der Waals surface area contributed by atoms with E-state index in [-0.39, 0.29) is 0 Å². The molecule has 2 fully saturated rings. The summed E-state index contributed by atoms with van der Waals surface area (Å²) < 4.78 is 0. The molecule has 2 heterocycles. The molecule has 1 aromatic carbocycles. The first-order valence-electron chi connectivity index (χ1n) is 11.3. The average molecular weight is 389 g/mol. The quantitative estimate of drug-likeness (QED) is 0.798. The fourth-order valence-corrected chi connectivity index (χ4v) is 5.12.